The van der Waals surface area contributed by atoms with Crippen molar-refractivity contribution in [2.45, 2.75) is 19.3 Å². The van der Waals surface area contributed by atoms with Crippen molar-refractivity contribution < 1.29 is 19.8 Å². The Hall–Kier alpha value is -1.43. The molecule has 76 valence electrons. The van der Waals surface area contributed by atoms with Gasteiger partial charge in [0.15, 0.2) is 0 Å². The van der Waals surface area contributed by atoms with Gasteiger partial charge in [-0.1, -0.05) is 0 Å². The summed E-state index contributed by atoms with van der Waals surface area (Å²) in [4.78, 5) is 25.5. The number of aromatic nitrogens is 1. The maximum absolute atomic E-state index is 10.8. The smallest absolute Gasteiger partial charge is 0.312 e. The van der Waals surface area contributed by atoms with Crippen LogP contribution in [0.4, 0.5) is 0 Å². The van der Waals surface area contributed by atoms with Crippen molar-refractivity contribution in [2.75, 3.05) is 0 Å². The zero-order valence-corrected chi connectivity index (χ0v) is 8.24. The van der Waals surface area contributed by atoms with Gasteiger partial charge >= 0.3 is 11.9 Å². The number of rotatable bonds is 4. The fraction of sp³-hybridized carbons (Fsp3) is 0.375. The molecule has 6 heteroatoms. The van der Waals surface area contributed by atoms with Crippen LogP contribution in [0.3, 0.4) is 0 Å². The van der Waals surface area contributed by atoms with Crippen LogP contribution >= 0.6 is 11.3 Å². The first-order chi connectivity index (χ1) is 6.50. The molecule has 0 aliphatic carbocycles. The Morgan fingerprint density at radius 1 is 1.57 bits per heavy atom. The second kappa shape index (κ2) is 4.19. The Balaban J connectivity index is 2.88. The molecule has 0 spiro atoms. The number of hydrogen-bond acceptors (Lipinski definition) is 4. The number of carboxylic acid groups (broad SMARTS) is 2. The quantitative estimate of drug-likeness (QED) is 0.785. The highest BCUT2D eigenvalue weighted by molar-refractivity contribution is 7.11. The molecule has 0 saturated heterocycles. The van der Waals surface area contributed by atoms with Crippen LogP contribution in [0.25, 0.3) is 0 Å². The molecular weight excluding hydrogens is 206 g/mol. The molecule has 0 bridgehead atoms. The van der Waals surface area contributed by atoms with Crippen LogP contribution in [0, 0.1) is 6.92 Å². The molecule has 0 aromatic carbocycles. The minimum Gasteiger partial charge on any atom is -0.481 e. The van der Waals surface area contributed by atoms with Gasteiger partial charge in [0.05, 0.1) is 11.4 Å². The van der Waals surface area contributed by atoms with Crippen molar-refractivity contribution in [3.63, 3.8) is 0 Å². The lowest BCUT2D eigenvalue weighted by atomic mass is 10.1. The molecule has 0 amide bonds. The standard InChI is InChI=1S/C8H9NO4S/c1-4-9-3-6(14-4)5(8(12)13)2-7(10)11/h3,5H,2H2,1H3,(H,10,11)(H,12,13). The Kier molecular flexibility index (Phi) is 3.19. The normalized spacial score (nSPS) is 12.4. The van der Waals surface area contributed by atoms with Crippen molar-refractivity contribution in [1.82, 2.24) is 4.98 Å². The average Bonchev–Trinajstić information content (AvgIpc) is 2.46. The third-order valence-electron chi connectivity index (χ3n) is 1.66. The molecule has 2 N–H and O–H groups in total. The van der Waals surface area contributed by atoms with Crippen molar-refractivity contribution in [2.24, 2.45) is 0 Å². The van der Waals surface area contributed by atoms with Gasteiger partial charge in [-0.05, 0) is 6.92 Å². The van der Waals surface area contributed by atoms with Crippen LogP contribution < -0.4 is 0 Å². The topological polar surface area (TPSA) is 87.5 Å². The summed E-state index contributed by atoms with van der Waals surface area (Å²) >= 11 is 1.21. The second-order valence-corrected chi connectivity index (χ2v) is 4.04. The van der Waals surface area contributed by atoms with Gasteiger partial charge in [0.2, 0.25) is 0 Å². The Morgan fingerprint density at radius 2 is 2.21 bits per heavy atom. The summed E-state index contributed by atoms with van der Waals surface area (Å²) in [5.74, 6) is -3.24. The fourth-order valence-electron chi connectivity index (χ4n) is 1.02. The van der Waals surface area contributed by atoms with Crippen LogP contribution in [0.1, 0.15) is 22.2 Å². The van der Waals surface area contributed by atoms with Gasteiger partial charge in [-0.25, -0.2) is 4.98 Å². The van der Waals surface area contributed by atoms with E-state index in [-0.39, 0.29) is 0 Å². The predicted molar refractivity (Wildman–Crippen MR) is 49.5 cm³/mol. The zero-order chi connectivity index (χ0) is 10.7. The fourth-order valence-corrected chi connectivity index (χ4v) is 1.90. The molecule has 14 heavy (non-hydrogen) atoms. The zero-order valence-electron chi connectivity index (χ0n) is 7.43. The molecule has 0 fully saturated rings. The predicted octanol–water partition coefficient (Wildman–Crippen LogP) is 1.09. The third-order valence-corrected chi connectivity index (χ3v) is 2.69. The average molecular weight is 215 g/mol. The highest BCUT2D eigenvalue weighted by Crippen LogP contribution is 2.25. The molecule has 0 saturated carbocycles. The number of thiazole rings is 1. The molecule has 1 unspecified atom stereocenters. The molecule has 1 aromatic heterocycles. The van der Waals surface area contributed by atoms with E-state index in [0.29, 0.717) is 4.88 Å². The van der Waals surface area contributed by atoms with E-state index in [1.54, 1.807) is 6.92 Å². The molecular formula is C8H9NO4S. The van der Waals surface area contributed by atoms with Gasteiger partial charge in [-0.15, -0.1) is 11.3 Å². The van der Waals surface area contributed by atoms with Gasteiger partial charge in [0, 0.05) is 11.1 Å². The molecule has 5 nitrogen and oxygen atoms in total. The maximum atomic E-state index is 10.8. The molecule has 1 rings (SSSR count). The number of carboxylic acids is 2. The lowest BCUT2D eigenvalue weighted by Gasteiger charge is -2.05. The van der Waals surface area contributed by atoms with Crippen molar-refractivity contribution in [3.8, 4) is 0 Å². The lowest BCUT2D eigenvalue weighted by molar-refractivity contribution is -0.145. The highest BCUT2D eigenvalue weighted by atomic mass is 32.1. The largest absolute Gasteiger partial charge is 0.481 e. The van der Waals surface area contributed by atoms with E-state index in [4.69, 9.17) is 10.2 Å². The van der Waals surface area contributed by atoms with Crippen molar-refractivity contribution in [3.05, 3.63) is 16.1 Å². The van der Waals surface area contributed by atoms with Gasteiger partial charge in [0.1, 0.15) is 5.92 Å². The third kappa shape index (κ3) is 2.53. The number of nitrogens with zero attached hydrogens (tertiary/aromatic N) is 1. The summed E-state index contributed by atoms with van der Waals surface area (Å²) in [6, 6.07) is 0. The van der Waals surface area contributed by atoms with Crippen LogP contribution in [-0.4, -0.2) is 27.1 Å². The molecule has 0 aliphatic rings. The number of carbonyl (C=O) groups is 2. The first-order valence-electron chi connectivity index (χ1n) is 3.87. The maximum Gasteiger partial charge on any atom is 0.312 e. The minimum atomic E-state index is -1.13. The Morgan fingerprint density at radius 3 is 2.57 bits per heavy atom. The van der Waals surface area contributed by atoms with E-state index >= 15 is 0 Å². The van der Waals surface area contributed by atoms with Gasteiger partial charge < -0.3 is 10.2 Å². The second-order valence-electron chi connectivity index (χ2n) is 2.77. The van der Waals surface area contributed by atoms with E-state index in [1.807, 2.05) is 0 Å². The van der Waals surface area contributed by atoms with Gasteiger partial charge in [-0.3, -0.25) is 9.59 Å². The van der Waals surface area contributed by atoms with Gasteiger partial charge in [-0.2, -0.15) is 0 Å². The first kappa shape index (κ1) is 10.6. The summed E-state index contributed by atoms with van der Waals surface area (Å²) < 4.78 is 0. The Bertz CT molecular complexity index is 360. The van der Waals surface area contributed by atoms with E-state index in [9.17, 15) is 9.59 Å². The lowest BCUT2D eigenvalue weighted by Crippen LogP contribution is -2.14. The van der Waals surface area contributed by atoms with Crippen LogP contribution in [0.5, 0.6) is 0 Å². The first-order valence-corrected chi connectivity index (χ1v) is 4.69. The number of aryl methyl sites for hydroxylation is 1. The number of aliphatic carboxylic acids is 2. The molecule has 1 heterocycles. The highest BCUT2D eigenvalue weighted by Gasteiger charge is 2.24. The van der Waals surface area contributed by atoms with E-state index in [1.165, 1.54) is 17.5 Å². The van der Waals surface area contributed by atoms with Crippen LogP contribution in [0.15, 0.2) is 6.20 Å². The summed E-state index contributed by atoms with van der Waals surface area (Å²) in [5, 5.41) is 18.1. The minimum absolute atomic E-state index is 0.406. The summed E-state index contributed by atoms with van der Waals surface area (Å²) in [7, 11) is 0. The summed E-state index contributed by atoms with van der Waals surface area (Å²) in [6.07, 6.45) is 1.01. The molecule has 1 atom stereocenters. The molecule has 0 aliphatic heterocycles. The molecule has 1 aromatic rings. The summed E-state index contributed by atoms with van der Waals surface area (Å²) in [6.45, 7) is 1.74. The van der Waals surface area contributed by atoms with Crippen molar-refractivity contribution >= 4 is 23.3 Å². The van der Waals surface area contributed by atoms with E-state index < -0.39 is 24.3 Å². The Labute approximate surface area is 84.0 Å². The van der Waals surface area contributed by atoms with E-state index in [0.717, 1.165) is 5.01 Å². The van der Waals surface area contributed by atoms with Gasteiger partial charge in [0.25, 0.3) is 0 Å². The summed E-state index contributed by atoms with van der Waals surface area (Å²) in [5.41, 5.74) is 0. The number of hydrogen-bond donors (Lipinski definition) is 2. The monoisotopic (exact) mass is 215 g/mol. The molecule has 0 radical (unpaired) electrons. The van der Waals surface area contributed by atoms with E-state index in [2.05, 4.69) is 4.98 Å². The van der Waals surface area contributed by atoms with Crippen LogP contribution in [-0.2, 0) is 9.59 Å². The SMILES string of the molecule is Cc1ncc(C(CC(=O)O)C(=O)O)s1. The van der Waals surface area contributed by atoms with Crippen molar-refractivity contribution in [1.29, 1.82) is 0 Å². The van der Waals surface area contributed by atoms with Crippen LogP contribution in [0.2, 0.25) is 0 Å².